The predicted molar refractivity (Wildman–Crippen MR) is 107 cm³/mol. The second kappa shape index (κ2) is 7.44. The van der Waals surface area contributed by atoms with Crippen molar-refractivity contribution < 1.29 is 9.59 Å². The van der Waals surface area contributed by atoms with Gasteiger partial charge in [-0.3, -0.25) is 9.59 Å². The van der Waals surface area contributed by atoms with E-state index in [-0.39, 0.29) is 23.1 Å². The fourth-order valence-electron chi connectivity index (χ4n) is 4.48. The van der Waals surface area contributed by atoms with Gasteiger partial charge < -0.3 is 15.1 Å². The van der Waals surface area contributed by atoms with E-state index < -0.39 is 0 Å². The summed E-state index contributed by atoms with van der Waals surface area (Å²) in [5, 5.41) is 5.13. The molecule has 2 aromatic rings. The van der Waals surface area contributed by atoms with Crippen LogP contribution in [0.4, 0.5) is 0 Å². The zero-order chi connectivity index (χ0) is 18.9. The molecule has 142 valence electrons. The minimum Gasteiger partial charge on any atom is -0.351 e. The number of amides is 2. The van der Waals surface area contributed by atoms with Crippen LogP contribution < -0.4 is 5.32 Å². The van der Waals surface area contributed by atoms with Gasteiger partial charge in [0.2, 0.25) is 5.91 Å². The molecule has 6 heteroatoms. The van der Waals surface area contributed by atoms with Crippen molar-refractivity contribution in [1.82, 2.24) is 15.1 Å². The fraction of sp³-hybridized carbons (Fsp3) is 0.429. The van der Waals surface area contributed by atoms with Crippen molar-refractivity contribution >= 4 is 23.2 Å². The first-order valence-electron chi connectivity index (χ1n) is 9.40. The molecule has 0 radical (unpaired) electrons. The summed E-state index contributed by atoms with van der Waals surface area (Å²) in [6, 6.07) is 13.4. The third-order valence-electron chi connectivity index (χ3n) is 5.87. The molecule has 3 heterocycles. The molecule has 2 atom stereocenters. The van der Waals surface area contributed by atoms with Crippen LogP contribution in [0.1, 0.15) is 21.7 Å². The summed E-state index contributed by atoms with van der Waals surface area (Å²) in [6.07, 6.45) is 0.957. The summed E-state index contributed by atoms with van der Waals surface area (Å²) in [5.74, 6) is -0.0600. The fourth-order valence-corrected chi connectivity index (χ4v) is 5.13. The molecule has 1 N–H and O–H groups in total. The molecule has 2 fully saturated rings. The number of rotatable bonds is 4. The molecule has 0 unspecified atom stereocenters. The quantitative estimate of drug-likeness (QED) is 0.882. The smallest absolute Gasteiger partial charge is 0.253 e. The number of hydrogen-bond acceptors (Lipinski definition) is 4. The molecule has 2 saturated heterocycles. The van der Waals surface area contributed by atoms with Crippen LogP contribution in [0.5, 0.6) is 0 Å². The third-order valence-corrected chi connectivity index (χ3v) is 6.74. The summed E-state index contributed by atoms with van der Waals surface area (Å²) in [4.78, 5) is 31.3. The maximum Gasteiger partial charge on any atom is 0.253 e. The van der Waals surface area contributed by atoms with Crippen LogP contribution in [0.15, 0.2) is 47.8 Å². The van der Waals surface area contributed by atoms with Gasteiger partial charge in [0.15, 0.2) is 0 Å². The largest absolute Gasteiger partial charge is 0.351 e. The average molecular weight is 384 g/mol. The number of nitrogens with one attached hydrogen (secondary N) is 1. The molecular formula is C21H25N3O2S. The second-order valence-electron chi connectivity index (χ2n) is 7.75. The SMILES string of the molecule is CN1CC[C@@]2(C1)CN(C(=O)c1ccccc1)C[C@H]2C(=O)NCc1cccs1. The van der Waals surface area contributed by atoms with E-state index in [1.165, 1.54) is 0 Å². The maximum atomic E-state index is 13.1. The Hall–Kier alpha value is -2.18. The minimum absolute atomic E-state index is 0.0260. The van der Waals surface area contributed by atoms with E-state index in [0.717, 1.165) is 24.4 Å². The van der Waals surface area contributed by atoms with Crippen LogP contribution in [0.2, 0.25) is 0 Å². The van der Waals surface area contributed by atoms with Gasteiger partial charge in [0, 0.05) is 35.5 Å². The number of thiophene rings is 1. The molecule has 2 aliphatic rings. The highest BCUT2D eigenvalue weighted by atomic mass is 32.1. The first-order valence-corrected chi connectivity index (χ1v) is 10.3. The Balaban J connectivity index is 1.51. The van der Waals surface area contributed by atoms with Crippen molar-refractivity contribution in [1.29, 1.82) is 0 Å². The van der Waals surface area contributed by atoms with Crippen molar-refractivity contribution in [2.24, 2.45) is 11.3 Å². The van der Waals surface area contributed by atoms with Crippen LogP contribution in [0.25, 0.3) is 0 Å². The molecule has 1 aromatic carbocycles. The van der Waals surface area contributed by atoms with E-state index in [0.29, 0.717) is 25.2 Å². The first kappa shape index (κ1) is 18.2. The Morgan fingerprint density at radius 1 is 1.19 bits per heavy atom. The zero-order valence-electron chi connectivity index (χ0n) is 15.6. The highest BCUT2D eigenvalue weighted by Crippen LogP contribution is 2.44. The van der Waals surface area contributed by atoms with Gasteiger partial charge in [0.1, 0.15) is 0 Å². The van der Waals surface area contributed by atoms with E-state index >= 15 is 0 Å². The monoisotopic (exact) mass is 383 g/mol. The molecule has 0 saturated carbocycles. The molecule has 2 amide bonds. The molecule has 2 aliphatic heterocycles. The number of benzene rings is 1. The van der Waals surface area contributed by atoms with Crippen molar-refractivity contribution in [2.45, 2.75) is 13.0 Å². The topological polar surface area (TPSA) is 52.7 Å². The molecule has 1 spiro atoms. The van der Waals surface area contributed by atoms with E-state index in [9.17, 15) is 9.59 Å². The van der Waals surface area contributed by atoms with Crippen LogP contribution in [-0.2, 0) is 11.3 Å². The van der Waals surface area contributed by atoms with Gasteiger partial charge >= 0.3 is 0 Å². The van der Waals surface area contributed by atoms with Gasteiger partial charge in [-0.25, -0.2) is 0 Å². The lowest BCUT2D eigenvalue weighted by molar-refractivity contribution is -0.127. The van der Waals surface area contributed by atoms with Gasteiger partial charge in [0.25, 0.3) is 5.91 Å². The van der Waals surface area contributed by atoms with Gasteiger partial charge in [-0.15, -0.1) is 11.3 Å². The van der Waals surface area contributed by atoms with E-state index in [1.807, 2.05) is 52.7 Å². The van der Waals surface area contributed by atoms with E-state index in [1.54, 1.807) is 11.3 Å². The molecule has 0 aliphatic carbocycles. The summed E-state index contributed by atoms with van der Waals surface area (Å²) in [6.45, 7) is 3.55. The van der Waals surface area contributed by atoms with Gasteiger partial charge in [0.05, 0.1) is 12.5 Å². The van der Waals surface area contributed by atoms with Crippen LogP contribution in [-0.4, -0.2) is 54.8 Å². The number of nitrogens with zero attached hydrogens (tertiary/aromatic N) is 2. The Morgan fingerprint density at radius 2 is 2.00 bits per heavy atom. The molecule has 5 nitrogen and oxygen atoms in total. The van der Waals surface area contributed by atoms with Gasteiger partial charge in [-0.05, 0) is 43.6 Å². The predicted octanol–water partition coefficient (Wildman–Crippen LogP) is 2.46. The van der Waals surface area contributed by atoms with Crippen molar-refractivity contribution in [2.75, 3.05) is 33.2 Å². The molecular weight excluding hydrogens is 358 g/mol. The van der Waals surface area contributed by atoms with Crippen molar-refractivity contribution in [3.05, 3.63) is 58.3 Å². The standard InChI is InChI=1S/C21H25N3O2S/c1-23-10-9-21(14-23)15-24(20(26)16-6-3-2-4-7-16)13-18(21)19(25)22-12-17-8-5-11-27-17/h2-8,11,18H,9-10,12-15H2,1H3,(H,22,25)/t18-,21+/m0/s1. The Morgan fingerprint density at radius 3 is 2.67 bits per heavy atom. The number of carbonyl (C=O) groups excluding carboxylic acids is 2. The van der Waals surface area contributed by atoms with Crippen LogP contribution >= 0.6 is 11.3 Å². The van der Waals surface area contributed by atoms with Crippen molar-refractivity contribution in [3.8, 4) is 0 Å². The summed E-state index contributed by atoms with van der Waals surface area (Å²) in [5.41, 5.74) is 0.553. The highest BCUT2D eigenvalue weighted by Gasteiger charge is 2.53. The minimum atomic E-state index is -0.157. The van der Waals surface area contributed by atoms with Crippen LogP contribution in [0, 0.1) is 11.3 Å². The second-order valence-corrected chi connectivity index (χ2v) is 8.78. The maximum absolute atomic E-state index is 13.1. The van der Waals surface area contributed by atoms with Crippen molar-refractivity contribution in [3.63, 3.8) is 0 Å². The first-order chi connectivity index (χ1) is 13.1. The Bertz CT molecular complexity index is 808. The van der Waals surface area contributed by atoms with Crippen LogP contribution in [0.3, 0.4) is 0 Å². The lowest BCUT2D eigenvalue weighted by Gasteiger charge is -2.29. The lowest BCUT2D eigenvalue weighted by atomic mass is 9.77. The summed E-state index contributed by atoms with van der Waals surface area (Å²) >= 11 is 1.65. The molecule has 27 heavy (non-hydrogen) atoms. The lowest BCUT2D eigenvalue weighted by Crippen LogP contribution is -2.42. The van der Waals surface area contributed by atoms with E-state index in [2.05, 4.69) is 17.3 Å². The highest BCUT2D eigenvalue weighted by molar-refractivity contribution is 7.09. The van der Waals surface area contributed by atoms with Gasteiger partial charge in [-0.2, -0.15) is 0 Å². The Labute approximate surface area is 164 Å². The molecule has 1 aromatic heterocycles. The number of hydrogen-bond donors (Lipinski definition) is 1. The van der Waals surface area contributed by atoms with E-state index in [4.69, 9.17) is 0 Å². The number of carbonyl (C=O) groups is 2. The third kappa shape index (κ3) is 3.64. The molecule has 0 bridgehead atoms. The molecule has 4 rings (SSSR count). The summed E-state index contributed by atoms with van der Waals surface area (Å²) < 4.78 is 0. The average Bonchev–Trinajstić information content (AvgIpc) is 3.41. The van der Waals surface area contributed by atoms with Gasteiger partial charge in [-0.1, -0.05) is 24.3 Å². The zero-order valence-corrected chi connectivity index (χ0v) is 16.4. The number of likely N-dealkylation sites (tertiary alicyclic amines) is 2. The Kier molecular flexibility index (Phi) is 5.02. The summed E-state index contributed by atoms with van der Waals surface area (Å²) in [7, 11) is 2.09. The normalized spacial score (nSPS) is 25.2.